The molecule has 0 spiro atoms. The molecule has 0 unspecified atom stereocenters. The molecule has 0 saturated carbocycles. The number of hydrogen-bond donors (Lipinski definition) is 1. The molecule has 0 amide bonds. The number of fused-ring (bicyclic) bond motifs is 1. The van der Waals surface area contributed by atoms with Crippen molar-refractivity contribution in [3.63, 3.8) is 0 Å². The van der Waals surface area contributed by atoms with E-state index in [2.05, 4.69) is 4.90 Å². The number of phenols is 1. The predicted octanol–water partition coefficient (Wildman–Crippen LogP) is 6.53. The molecule has 182 valence electrons. The molecule has 2 aliphatic heterocycles. The highest BCUT2D eigenvalue weighted by Crippen LogP contribution is 2.47. The molecule has 7 heteroatoms. The van der Waals surface area contributed by atoms with Gasteiger partial charge in [-0.25, -0.2) is 4.39 Å². The van der Waals surface area contributed by atoms with Gasteiger partial charge in [-0.2, -0.15) is 0 Å². The zero-order valence-electron chi connectivity index (χ0n) is 19.3. The number of alkyl halides is 1. The molecule has 3 aromatic rings. The molecule has 35 heavy (non-hydrogen) atoms. The number of phenolic OH excluding ortho intramolecular Hbond substituents is 1. The fourth-order valence-corrected chi connectivity index (χ4v) is 4.81. The number of allylic oxidation sites excluding steroid dienone is 1. The van der Waals surface area contributed by atoms with E-state index in [0.29, 0.717) is 17.9 Å². The van der Waals surface area contributed by atoms with Gasteiger partial charge in [0, 0.05) is 36.7 Å². The average Bonchev–Trinajstić information content (AvgIpc) is 2.83. The number of likely N-dealkylation sites (tertiary alicyclic amines) is 1. The van der Waals surface area contributed by atoms with E-state index < -0.39 is 11.9 Å². The average molecular weight is 498 g/mol. The van der Waals surface area contributed by atoms with Crippen molar-refractivity contribution >= 4 is 22.7 Å². The summed E-state index contributed by atoms with van der Waals surface area (Å²) in [7, 11) is 0. The lowest BCUT2D eigenvalue weighted by molar-refractivity contribution is 0.0668. The molecule has 0 aliphatic carbocycles. The third kappa shape index (κ3) is 4.86. The highest BCUT2D eigenvalue weighted by Gasteiger charge is 2.30. The van der Waals surface area contributed by atoms with Crippen molar-refractivity contribution in [1.82, 2.24) is 4.90 Å². The van der Waals surface area contributed by atoms with Crippen LogP contribution < -0.4 is 9.47 Å². The van der Waals surface area contributed by atoms with Gasteiger partial charge >= 0.3 is 0 Å². The van der Waals surface area contributed by atoms with Gasteiger partial charge < -0.3 is 14.6 Å². The Balaban J connectivity index is 1.40. The van der Waals surface area contributed by atoms with E-state index in [1.165, 1.54) is 12.1 Å². The van der Waals surface area contributed by atoms with Gasteiger partial charge in [0.2, 0.25) is 0 Å². The Kier molecular flexibility index (Phi) is 6.67. The highest BCUT2D eigenvalue weighted by atomic mass is 35.5. The molecule has 0 radical (unpaired) electrons. The number of hydrogen-bond acceptors (Lipinski definition) is 4. The zero-order valence-corrected chi connectivity index (χ0v) is 20.1. The van der Waals surface area contributed by atoms with Crippen LogP contribution in [0.1, 0.15) is 29.7 Å². The van der Waals surface area contributed by atoms with Crippen LogP contribution >= 0.6 is 11.6 Å². The van der Waals surface area contributed by atoms with Crippen molar-refractivity contribution in [1.29, 1.82) is 0 Å². The summed E-state index contributed by atoms with van der Waals surface area (Å²) in [4.78, 5) is 2.18. The van der Waals surface area contributed by atoms with Gasteiger partial charge in [0.25, 0.3) is 0 Å². The molecule has 1 atom stereocenters. The third-order valence-corrected chi connectivity index (χ3v) is 6.93. The van der Waals surface area contributed by atoms with Crippen LogP contribution in [0.4, 0.5) is 8.78 Å². The first-order valence-electron chi connectivity index (χ1n) is 11.6. The molecule has 4 nitrogen and oxygen atoms in total. The van der Waals surface area contributed by atoms with Crippen LogP contribution in [0.25, 0.3) is 11.1 Å². The van der Waals surface area contributed by atoms with Crippen LogP contribution in [0.3, 0.4) is 0 Å². The first kappa shape index (κ1) is 23.6. The fourth-order valence-electron chi connectivity index (χ4n) is 4.70. The van der Waals surface area contributed by atoms with Crippen molar-refractivity contribution in [3.8, 4) is 17.2 Å². The summed E-state index contributed by atoms with van der Waals surface area (Å²) in [6.45, 7) is 4.56. The Hall–Kier alpha value is -3.09. The van der Waals surface area contributed by atoms with Crippen LogP contribution in [0.2, 0.25) is 5.02 Å². The number of ether oxygens (including phenoxy) is 2. The Morgan fingerprint density at radius 3 is 2.57 bits per heavy atom. The summed E-state index contributed by atoms with van der Waals surface area (Å²) in [5.41, 5.74) is 3.98. The van der Waals surface area contributed by atoms with Gasteiger partial charge in [0.15, 0.2) is 0 Å². The van der Waals surface area contributed by atoms with Gasteiger partial charge in [0.05, 0.1) is 11.7 Å². The normalized spacial score (nSPS) is 18.1. The second-order valence-electron chi connectivity index (χ2n) is 9.04. The molecular weight excluding hydrogens is 472 g/mol. The first-order chi connectivity index (χ1) is 16.9. The lowest BCUT2D eigenvalue weighted by Gasteiger charge is -2.37. The highest BCUT2D eigenvalue weighted by molar-refractivity contribution is 6.30. The van der Waals surface area contributed by atoms with Gasteiger partial charge in [-0.3, -0.25) is 9.29 Å². The molecule has 1 fully saturated rings. The fraction of sp³-hybridized carbons (Fsp3) is 0.286. The smallest absolute Gasteiger partial charge is 0.150 e. The Labute approximate surface area is 208 Å². The van der Waals surface area contributed by atoms with Crippen LogP contribution in [0.5, 0.6) is 17.2 Å². The van der Waals surface area contributed by atoms with Crippen molar-refractivity contribution in [2.45, 2.75) is 13.0 Å². The molecule has 1 saturated heterocycles. The number of benzene rings is 3. The zero-order chi connectivity index (χ0) is 24.5. The van der Waals surface area contributed by atoms with E-state index in [-0.39, 0.29) is 23.4 Å². The summed E-state index contributed by atoms with van der Waals surface area (Å²) < 4.78 is 39.2. The second kappa shape index (κ2) is 9.88. The molecule has 1 N–H and O–H groups in total. The minimum atomic E-state index is -0.506. The molecule has 0 aromatic heterocycles. The van der Waals surface area contributed by atoms with E-state index in [0.717, 1.165) is 47.7 Å². The largest absolute Gasteiger partial charge is 0.508 e. The van der Waals surface area contributed by atoms with E-state index >= 15 is 0 Å². The maximum atomic E-state index is 14.4. The summed E-state index contributed by atoms with van der Waals surface area (Å²) >= 11 is 5.93. The quantitative estimate of drug-likeness (QED) is 0.403. The third-order valence-electron chi connectivity index (χ3n) is 6.62. The maximum absolute atomic E-state index is 14.4. The summed E-state index contributed by atoms with van der Waals surface area (Å²) in [5, 5.41) is 10.1. The van der Waals surface area contributed by atoms with Gasteiger partial charge in [-0.15, -0.1) is 0 Å². The maximum Gasteiger partial charge on any atom is 0.150 e. The molecule has 5 rings (SSSR count). The Morgan fingerprint density at radius 2 is 1.86 bits per heavy atom. The van der Waals surface area contributed by atoms with E-state index in [9.17, 15) is 13.9 Å². The van der Waals surface area contributed by atoms with Crippen LogP contribution in [0.15, 0.2) is 60.7 Å². The van der Waals surface area contributed by atoms with Crippen LogP contribution in [-0.2, 0) is 0 Å². The van der Waals surface area contributed by atoms with Crippen molar-refractivity contribution in [3.05, 3.63) is 88.2 Å². The molecule has 2 aliphatic rings. The van der Waals surface area contributed by atoms with E-state index in [1.807, 2.05) is 31.2 Å². The van der Waals surface area contributed by atoms with Gasteiger partial charge in [-0.1, -0.05) is 29.8 Å². The van der Waals surface area contributed by atoms with Gasteiger partial charge in [0.1, 0.15) is 35.8 Å². The minimum absolute atomic E-state index is 0.0540. The van der Waals surface area contributed by atoms with E-state index in [4.69, 9.17) is 21.1 Å². The molecule has 3 aromatic carbocycles. The summed E-state index contributed by atoms with van der Waals surface area (Å²) in [6.07, 6.45) is -0.486. The summed E-state index contributed by atoms with van der Waals surface area (Å²) in [6, 6.07) is 17.3. The number of rotatable bonds is 7. The minimum Gasteiger partial charge on any atom is -0.508 e. The van der Waals surface area contributed by atoms with Crippen molar-refractivity contribution in [2.75, 3.05) is 32.9 Å². The number of nitrogens with zero attached hydrogens (tertiary/aromatic N) is 1. The Bertz CT molecular complexity index is 1260. The van der Waals surface area contributed by atoms with Crippen molar-refractivity contribution in [2.24, 2.45) is 5.92 Å². The summed E-state index contributed by atoms with van der Waals surface area (Å²) in [5.74, 6) is 1.17. The van der Waals surface area contributed by atoms with Crippen LogP contribution in [-0.4, -0.2) is 42.9 Å². The molecular formula is C28H26ClF2NO3. The van der Waals surface area contributed by atoms with E-state index in [1.54, 1.807) is 24.3 Å². The van der Waals surface area contributed by atoms with Crippen molar-refractivity contribution < 1.29 is 23.4 Å². The molecule has 2 heterocycles. The number of aromatic hydroxyl groups is 1. The Morgan fingerprint density at radius 1 is 1.09 bits per heavy atom. The standard InChI is InChI=1S/C28H26ClF2NO3/c1-17-23-13-21(33)5-9-26(23)35-28(27(17)20-4-8-24(29)25(31)12-20)19-2-6-22(7-3-19)34-11-10-32-15-18(14-30)16-32/h2-9,12-13,18,28,33H,10-11,14-16H2,1H3/t28-/m0/s1. The monoisotopic (exact) mass is 497 g/mol. The van der Waals surface area contributed by atoms with Crippen LogP contribution in [0, 0.1) is 11.7 Å². The lowest BCUT2D eigenvalue weighted by atomic mass is 9.86. The first-order valence-corrected chi connectivity index (χ1v) is 12.0. The topological polar surface area (TPSA) is 41.9 Å². The second-order valence-corrected chi connectivity index (χ2v) is 9.45. The lowest BCUT2D eigenvalue weighted by Crippen LogP contribution is -2.49. The SMILES string of the molecule is CC1=C(c2ccc(Cl)c(F)c2)[C@H](c2ccc(OCCN3CC(CF)C3)cc2)Oc2ccc(O)cc21. The number of halogens is 3. The molecule has 0 bridgehead atoms. The predicted molar refractivity (Wildman–Crippen MR) is 133 cm³/mol. The van der Waals surface area contributed by atoms with Gasteiger partial charge in [-0.05, 0) is 66.1 Å².